The number of β-lactam (4-membered cyclic amide) rings is 1. The fourth-order valence-corrected chi connectivity index (χ4v) is 5.25. The Balaban J connectivity index is 2.02. The van der Waals surface area contributed by atoms with Crippen molar-refractivity contribution in [2.45, 2.75) is 36.2 Å². The summed E-state index contributed by atoms with van der Waals surface area (Å²) in [6.07, 6.45) is 0.000285. The smallest absolute Gasteiger partial charge is 0.331 e. The average Bonchev–Trinajstić information content (AvgIpc) is 2.76. The van der Waals surface area contributed by atoms with Crippen molar-refractivity contribution in [3.63, 3.8) is 0 Å². The highest BCUT2D eigenvalue weighted by atomic mass is 32.2. The second-order valence-electron chi connectivity index (χ2n) is 8.02. The van der Waals surface area contributed by atoms with Crippen molar-refractivity contribution in [3.8, 4) is 0 Å². The average molecular weight is 461 g/mol. The van der Waals surface area contributed by atoms with Crippen LogP contribution in [0.3, 0.4) is 0 Å². The predicted octanol–water partition coefficient (Wildman–Crippen LogP) is 1.65. The molecule has 3 rings (SSSR count). The number of esters is 1. The maximum Gasteiger partial charge on any atom is 0.331 e. The summed E-state index contributed by atoms with van der Waals surface area (Å²) in [6.45, 7) is 2.88. The summed E-state index contributed by atoms with van der Waals surface area (Å²) in [4.78, 5) is 36.8. The third-order valence-electron chi connectivity index (χ3n) is 5.47. The first-order chi connectivity index (χ1) is 14.9. The maximum absolute atomic E-state index is 13.3. The summed E-state index contributed by atoms with van der Waals surface area (Å²) in [5, 5.41) is 11.4. The van der Waals surface area contributed by atoms with Gasteiger partial charge in [-0.15, -0.1) is 0 Å². The summed E-state index contributed by atoms with van der Waals surface area (Å²) in [6, 6.07) is 13.7. The van der Waals surface area contributed by atoms with Gasteiger partial charge in [0.25, 0.3) is 5.69 Å². The lowest BCUT2D eigenvalue weighted by Gasteiger charge is -2.54. The molecule has 1 aliphatic rings. The minimum atomic E-state index is -4.46. The van der Waals surface area contributed by atoms with Gasteiger partial charge in [-0.05, 0) is 25.5 Å². The number of benzene rings is 2. The first-order valence-corrected chi connectivity index (χ1v) is 11.1. The molecule has 10 nitrogen and oxygen atoms in total. The number of carbonyl (C=O) groups excluding carboxylic acids is 2. The quantitative estimate of drug-likeness (QED) is 0.273. The first-order valence-electron chi connectivity index (χ1n) is 9.66. The van der Waals surface area contributed by atoms with Crippen molar-refractivity contribution in [1.82, 2.24) is 9.62 Å². The highest BCUT2D eigenvalue weighted by Gasteiger charge is 2.60. The van der Waals surface area contributed by atoms with Crippen LogP contribution in [0.2, 0.25) is 0 Å². The van der Waals surface area contributed by atoms with Gasteiger partial charge in [0.1, 0.15) is 11.1 Å². The first kappa shape index (κ1) is 23.4. The fourth-order valence-electron chi connectivity index (χ4n) is 3.72. The van der Waals surface area contributed by atoms with E-state index in [4.69, 9.17) is 4.74 Å². The molecule has 0 aromatic heterocycles. The highest BCUT2D eigenvalue weighted by Crippen LogP contribution is 2.36. The number of para-hydroxylation sites is 1. The number of methoxy groups -OCH3 is 1. The summed E-state index contributed by atoms with van der Waals surface area (Å²) < 4.78 is 33.5. The minimum absolute atomic E-state index is 0.000285. The van der Waals surface area contributed by atoms with E-state index in [1.54, 1.807) is 30.3 Å². The minimum Gasteiger partial charge on any atom is -0.467 e. The molecule has 32 heavy (non-hydrogen) atoms. The Morgan fingerprint density at radius 3 is 2.34 bits per heavy atom. The van der Waals surface area contributed by atoms with Crippen LogP contribution in [0.4, 0.5) is 5.69 Å². The van der Waals surface area contributed by atoms with Crippen molar-refractivity contribution in [3.05, 3.63) is 70.3 Å². The van der Waals surface area contributed by atoms with Crippen LogP contribution in [0.15, 0.2) is 59.5 Å². The van der Waals surface area contributed by atoms with Crippen molar-refractivity contribution < 1.29 is 27.7 Å². The molecule has 0 aliphatic carbocycles. The van der Waals surface area contributed by atoms with Crippen LogP contribution in [-0.2, 0) is 30.8 Å². The fraction of sp³-hybridized carbons (Fsp3) is 0.333. The van der Waals surface area contributed by atoms with Crippen LogP contribution in [0.1, 0.15) is 19.4 Å². The molecule has 1 atom stereocenters. The largest absolute Gasteiger partial charge is 0.467 e. The number of nitro groups is 1. The third kappa shape index (κ3) is 4.08. The molecule has 1 amide bonds. The van der Waals surface area contributed by atoms with Gasteiger partial charge in [0.15, 0.2) is 4.90 Å². The van der Waals surface area contributed by atoms with Crippen LogP contribution < -0.4 is 4.72 Å². The van der Waals surface area contributed by atoms with E-state index in [2.05, 4.69) is 4.72 Å². The number of amides is 1. The molecule has 1 N–H and O–H groups in total. The van der Waals surface area contributed by atoms with Gasteiger partial charge in [0.2, 0.25) is 15.9 Å². The van der Waals surface area contributed by atoms with Gasteiger partial charge < -0.3 is 9.64 Å². The van der Waals surface area contributed by atoms with Gasteiger partial charge in [-0.2, -0.15) is 4.72 Å². The number of likely N-dealkylation sites (tertiary alicyclic amines) is 1. The molecule has 0 spiro atoms. The van der Waals surface area contributed by atoms with Crippen molar-refractivity contribution in [1.29, 1.82) is 0 Å². The molecular weight excluding hydrogens is 438 g/mol. The second kappa shape index (κ2) is 8.32. The molecule has 2 aromatic rings. The lowest BCUT2D eigenvalue weighted by Crippen LogP contribution is -2.79. The molecule has 11 heteroatoms. The highest BCUT2D eigenvalue weighted by molar-refractivity contribution is 7.89. The number of hydrogen-bond acceptors (Lipinski definition) is 7. The molecule has 1 aliphatic heterocycles. The molecular formula is C21H23N3O7S. The zero-order valence-electron chi connectivity index (χ0n) is 17.8. The van der Waals surface area contributed by atoms with Crippen LogP contribution in [-0.4, -0.2) is 54.8 Å². The molecule has 0 radical (unpaired) electrons. The number of nitrogens with one attached hydrogen (secondary N) is 1. The van der Waals surface area contributed by atoms with Gasteiger partial charge in [0, 0.05) is 12.5 Å². The van der Waals surface area contributed by atoms with E-state index in [0.717, 1.165) is 12.1 Å². The molecule has 0 unspecified atom stereocenters. The summed E-state index contributed by atoms with van der Waals surface area (Å²) in [5.41, 5.74) is -2.86. The third-order valence-corrected chi connectivity index (χ3v) is 7.06. The Labute approximate surface area is 185 Å². The van der Waals surface area contributed by atoms with Crippen molar-refractivity contribution in [2.75, 3.05) is 13.7 Å². The van der Waals surface area contributed by atoms with Crippen molar-refractivity contribution in [2.24, 2.45) is 0 Å². The van der Waals surface area contributed by atoms with Gasteiger partial charge >= 0.3 is 5.97 Å². The lowest BCUT2D eigenvalue weighted by molar-refractivity contribution is -0.387. The monoisotopic (exact) mass is 461 g/mol. The van der Waals surface area contributed by atoms with Gasteiger partial charge in [-0.3, -0.25) is 14.9 Å². The number of nitrogens with zero attached hydrogens (tertiary/aromatic N) is 2. The zero-order chi connectivity index (χ0) is 23.7. The Morgan fingerprint density at radius 1 is 1.19 bits per heavy atom. The second-order valence-corrected chi connectivity index (χ2v) is 9.67. The standard InChI is InChI=1S/C21H23N3O7S/c1-20(2,19(26)31-3)23-14-21(18(23)25,13-15-9-5-4-6-10-15)22-32(29,30)17-12-8-7-11-16(17)24(27)28/h4-12,22H,13-14H2,1-3H3/t21-/m1/s1. The SMILES string of the molecule is COC(=O)C(C)(C)N1C[C@@](Cc2ccccc2)(NS(=O)(=O)c2ccccc2[N+](=O)[O-])C1=O. The Kier molecular flexibility index (Phi) is 6.07. The number of rotatable bonds is 8. The van der Waals surface area contributed by atoms with Gasteiger partial charge in [0.05, 0.1) is 18.6 Å². The van der Waals surface area contributed by atoms with Gasteiger partial charge in [-0.1, -0.05) is 42.5 Å². The zero-order valence-corrected chi connectivity index (χ0v) is 18.6. The summed E-state index contributed by atoms with van der Waals surface area (Å²) in [5.74, 6) is -1.28. The van der Waals surface area contributed by atoms with E-state index >= 15 is 0 Å². The predicted molar refractivity (Wildman–Crippen MR) is 114 cm³/mol. The Bertz CT molecular complexity index is 1160. The lowest BCUT2D eigenvalue weighted by atomic mass is 9.79. The molecule has 0 bridgehead atoms. The summed E-state index contributed by atoms with van der Waals surface area (Å²) >= 11 is 0. The molecule has 1 fully saturated rings. The number of nitro benzene ring substituents is 1. The Morgan fingerprint density at radius 2 is 1.78 bits per heavy atom. The van der Waals surface area contributed by atoms with E-state index < -0.39 is 48.5 Å². The number of sulfonamides is 1. The van der Waals surface area contributed by atoms with Crippen LogP contribution >= 0.6 is 0 Å². The van der Waals surface area contributed by atoms with E-state index in [9.17, 15) is 28.1 Å². The normalized spacial score (nSPS) is 18.7. The molecule has 1 saturated heterocycles. The van der Waals surface area contributed by atoms with Gasteiger partial charge in [-0.25, -0.2) is 13.2 Å². The molecule has 170 valence electrons. The number of hydrogen-bond donors (Lipinski definition) is 1. The van der Waals surface area contributed by atoms with Crippen molar-refractivity contribution >= 4 is 27.6 Å². The molecule has 0 saturated carbocycles. The summed E-state index contributed by atoms with van der Waals surface area (Å²) in [7, 11) is -3.26. The Hall–Kier alpha value is -3.31. The molecule has 2 aromatic carbocycles. The van der Waals surface area contributed by atoms with E-state index in [0.29, 0.717) is 5.56 Å². The topological polar surface area (TPSA) is 136 Å². The number of ether oxygens (including phenoxy) is 1. The van der Waals surface area contributed by atoms with E-state index in [-0.39, 0.29) is 13.0 Å². The number of carbonyl (C=O) groups is 2. The van der Waals surface area contributed by atoms with Crippen LogP contribution in [0.5, 0.6) is 0 Å². The molecule has 1 heterocycles. The van der Waals surface area contributed by atoms with E-state index in [1.807, 2.05) is 0 Å². The maximum atomic E-state index is 13.3. The van der Waals surface area contributed by atoms with Crippen LogP contribution in [0, 0.1) is 10.1 Å². The van der Waals surface area contributed by atoms with E-state index in [1.165, 1.54) is 38.0 Å². The van der Waals surface area contributed by atoms with Crippen LogP contribution in [0.25, 0.3) is 0 Å².